The van der Waals surface area contributed by atoms with Crippen molar-refractivity contribution in [3.63, 3.8) is 0 Å². The number of nitrogens with one attached hydrogen (secondary N) is 2. The molecule has 42 heavy (non-hydrogen) atoms. The number of rotatable bonds is 9. The molecule has 0 spiro atoms. The quantitative estimate of drug-likeness (QED) is 0.252. The van der Waals surface area contributed by atoms with E-state index in [1.54, 1.807) is 18.3 Å². The number of piperazine rings is 1. The number of fused-ring (bicyclic) bond motifs is 1. The van der Waals surface area contributed by atoms with E-state index >= 15 is 0 Å². The second kappa shape index (κ2) is 12.1. The summed E-state index contributed by atoms with van der Waals surface area (Å²) in [6.07, 6.45) is 4.36. The number of amides is 1. The zero-order chi connectivity index (χ0) is 30.0. The van der Waals surface area contributed by atoms with Crippen LogP contribution in [0.5, 0.6) is 5.75 Å². The third kappa shape index (κ3) is 6.03. The van der Waals surface area contributed by atoms with Crippen LogP contribution in [0, 0.1) is 0 Å². The highest BCUT2D eigenvalue weighted by Crippen LogP contribution is 2.40. The number of halogens is 2. The number of ether oxygens (including phenoxy) is 1. The molecule has 1 fully saturated rings. The van der Waals surface area contributed by atoms with Crippen LogP contribution >= 0.6 is 0 Å². The summed E-state index contributed by atoms with van der Waals surface area (Å²) in [5.41, 5.74) is 3.70. The number of benzene rings is 2. The van der Waals surface area contributed by atoms with Crippen molar-refractivity contribution in [3.8, 4) is 17.0 Å². The molecule has 1 aliphatic heterocycles. The van der Waals surface area contributed by atoms with E-state index in [0.717, 1.165) is 29.1 Å². The van der Waals surface area contributed by atoms with Gasteiger partial charge in [-0.3, -0.25) is 14.4 Å². The van der Waals surface area contributed by atoms with Crippen LogP contribution in [0.1, 0.15) is 20.8 Å². The molecular weight excluding hydrogens is 542 g/mol. The molecule has 0 unspecified atom stereocenters. The number of nitrogens with zero attached hydrogens (tertiary/aromatic N) is 6. The molecule has 12 heteroatoms. The van der Waals surface area contributed by atoms with Gasteiger partial charge in [0.15, 0.2) is 5.75 Å². The highest BCUT2D eigenvalue weighted by Gasteiger charge is 2.29. The molecule has 0 radical (unpaired) electrons. The van der Waals surface area contributed by atoms with Crippen LogP contribution in [0.2, 0.25) is 0 Å². The van der Waals surface area contributed by atoms with E-state index in [-0.39, 0.29) is 23.5 Å². The van der Waals surface area contributed by atoms with Gasteiger partial charge in [0.05, 0.1) is 34.5 Å². The Balaban J connectivity index is 1.52. The van der Waals surface area contributed by atoms with Crippen LogP contribution in [-0.2, 0) is 11.3 Å². The summed E-state index contributed by atoms with van der Waals surface area (Å²) < 4.78 is 34.1. The number of likely N-dealkylation sites (N-methyl/N-ethyl adjacent to an activating group) is 1. The Labute approximate surface area is 243 Å². The van der Waals surface area contributed by atoms with Gasteiger partial charge in [-0.25, -0.2) is 9.97 Å². The largest absolute Gasteiger partial charge is 0.433 e. The molecule has 4 aromatic rings. The monoisotopic (exact) mass is 576 g/mol. The molecule has 1 amide bonds. The maximum Gasteiger partial charge on any atom is 0.387 e. The van der Waals surface area contributed by atoms with Crippen molar-refractivity contribution >= 4 is 39.7 Å². The maximum absolute atomic E-state index is 13.6. The molecule has 220 valence electrons. The normalized spacial score (nSPS) is 17.5. The summed E-state index contributed by atoms with van der Waals surface area (Å²) in [7, 11) is 2.05. The van der Waals surface area contributed by atoms with Crippen LogP contribution < -0.4 is 20.3 Å². The zero-order valence-corrected chi connectivity index (χ0v) is 24.0. The Kier molecular flexibility index (Phi) is 8.34. The van der Waals surface area contributed by atoms with Crippen molar-refractivity contribution in [1.82, 2.24) is 24.6 Å². The van der Waals surface area contributed by atoms with Crippen molar-refractivity contribution in [2.24, 2.45) is 0 Å². The van der Waals surface area contributed by atoms with Gasteiger partial charge in [-0.1, -0.05) is 12.6 Å². The van der Waals surface area contributed by atoms with Gasteiger partial charge >= 0.3 is 6.61 Å². The van der Waals surface area contributed by atoms with E-state index in [0.29, 0.717) is 36.0 Å². The molecule has 1 saturated heterocycles. The van der Waals surface area contributed by atoms with Gasteiger partial charge in [-0.15, -0.1) is 0 Å². The summed E-state index contributed by atoms with van der Waals surface area (Å²) in [4.78, 5) is 25.4. The van der Waals surface area contributed by atoms with Crippen molar-refractivity contribution in [3.05, 3.63) is 61.6 Å². The fraction of sp³-hybridized carbons (Fsp3) is 0.333. The van der Waals surface area contributed by atoms with E-state index < -0.39 is 12.5 Å². The molecule has 0 saturated carbocycles. The maximum atomic E-state index is 13.6. The summed E-state index contributed by atoms with van der Waals surface area (Å²) in [5.74, 6) is -0.144. The first kappa shape index (κ1) is 28.9. The van der Waals surface area contributed by atoms with Crippen LogP contribution in [0.15, 0.2) is 61.6 Å². The Hall–Kier alpha value is -4.58. The molecular formula is C30H34F2N8O2. The number of carbonyl (C=O) groups excluding carboxylic acids is 1. The van der Waals surface area contributed by atoms with Crippen molar-refractivity contribution < 1.29 is 18.3 Å². The minimum absolute atomic E-state index is 0.0793. The number of alkyl halides is 2. The number of anilines is 4. The Bertz CT molecular complexity index is 1600. The van der Waals surface area contributed by atoms with Crippen LogP contribution in [-0.4, -0.2) is 69.4 Å². The minimum Gasteiger partial charge on any atom is -0.433 e. The topological polar surface area (TPSA) is 100 Å². The van der Waals surface area contributed by atoms with Gasteiger partial charge in [-0.2, -0.15) is 13.9 Å². The zero-order valence-electron chi connectivity index (χ0n) is 24.0. The lowest BCUT2D eigenvalue weighted by atomic mass is 10.1. The first-order valence-electron chi connectivity index (χ1n) is 13.7. The van der Waals surface area contributed by atoms with Gasteiger partial charge in [0, 0.05) is 54.8 Å². The summed E-state index contributed by atoms with van der Waals surface area (Å²) in [6, 6.07) is 11.1. The first-order chi connectivity index (χ1) is 20.2. The van der Waals surface area contributed by atoms with Gasteiger partial charge in [0.2, 0.25) is 5.91 Å². The van der Waals surface area contributed by atoms with Crippen LogP contribution in [0.4, 0.5) is 31.7 Å². The molecule has 2 atom stereocenters. The third-order valence-electron chi connectivity index (χ3n) is 7.62. The Morgan fingerprint density at radius 3 is 2.60 bits per heavy atom. The summed E-state index contributed by atoms with van der Waals surface area (Å²) in [5, 5.41) is 11.3. The molecule has 2 aromatic heterocycles. The van der Waals surface area contributed by atoms with Crippen molar-refractivity contribution in [2.45, 2.75) is 46.0 Å². The second-order valence-corrected chi connectivity index (χ2v) is 10.4. The third-order valence-corrected chi connectivity index (χ3v) is 7.62. The van der Waals surface area contributed by atoms with E-state index in [2.05, 4.69) is 63.0 Å². The summed E-state index contributed by atoms with van der Waals surface area (Å²) in [6.45, 7) is 8.73. The molecule has 10 nitrogen and oxygen atoms in total. The smallest absolute Gasteiger partial charge is 0.387 e. The SMILES string of the molecule is C=CC(=O)Nc1cc(Nc2cc(-c3ccc4c(cnn4CC)c3)ncn2)c(OC(F)F)cc1N1C[C@@H](C)N(C)[C@@H](C)C1. The number of carbonyl (C=O) groups is 1. The van der Waals surface area contributed by atoms with Gasteiger partial charge < -0.3 is 20.3 Å². The molecule has 0 aliphatic carbocycles. The van der Waals surface area contributed by atoms with Gasteiger partial charge in [-0.05, 0) is 52.1 Å². The van der Waals surface area contributed by atoms with Crippen LogP contribution in [0.3, 0.4) is 0 Å². The second-order valence-electron chi connectivity index (χ2n) is 10.4. The highest BCUT2D eigenvalue weighted by molar-refractivity contribution is 6.02. The number of hydrogen-bond acceptors (Lipinski definition) is 8. The predicted octanol–water partition coefficient (Wildman–Crippen LogP) is 5.51. The first-order valence-corrected chi connectivity index (χ1v) is 13.7. The van der Waals surface area contributed by atoms with Gasteiger partial charge in [0.1, 0.15) is 12.1 Å². The number of aromatic nitrogens is 4. The van der Waals surface area contributed by atoms with E-state index in [9.17, 15) is 13.6 Å². The molecule has 1 aliphatic rings. The Morgan fingerprint density at radius 2 is 1.90 bits per heavy atom. The lowest BCUT2D eigenvalue weighted by Crippen LogP contribution is -2.55. The molecule has 0 bridgehead atoms. The average molecular weight is 577 g/mol. The molecule has 2 aromatic carbocycles. The van der Waals surface area contributed by atoms with Crippen molar-refractivity contribution in [1.29, 1.82) is 0 Å². The average Bonchev–Trinajstić information content (AvgIpc) is 3.39. The Morgan fingerprint density at radius 1 is 1.14 bits per heavy atom. The summed E-state index contributed by atoms with van der Waals surface area (Å²) >= 11 is 0. The highest BCUT2D eigenvalue weighted by atomic mass is 19.3. The molecule has 3 heterocycles. The van der Waals surface area contributed by atoms with E-state index in [4.69, 9.17) is 4.74 Å². The number of aryl methyl sites for hydroxylation is 1. The number of hydrogen-bond donors (Lipinski definition) is 2. The van der Waals surface area contributed by atoms with E-state index in [1.807, 2.05) is 29.8 Å². The molecule has 5 rings (SSSR count). The fourth-order valence-corrected chi connectivity index (χ4v) is 5.23. The minimum atomic E-state index is -3.06. The molecule has 2 N–H and O–H groups in total. The predicted molar refractivity (Wildman–Crippen MR) is 161 cm³/mol. The fourth-order valence-electron chi connectivity index (χ4n) is 5.23. The van der Waals surface area contributed by atoms with E-state index in [1.165, 1.54) is 12.4 Å². The lowest BCUT2D eigenvalue weighted by molar-refractivity contribution is -0.111. The lowest BCUT2D eigenvalue weighted by Gasteiger charge is -2.44. The van der Waals surface area contributed by atoms with Crippen molar-refractivity contribution in [2.75, 3.05) is 35.7 Å². The van der Waals surface area contributed by atoms with Gasteiger partial charge in [0.25, 0.3) is 0 Å². The standard InChI is InChI=1S/C30H34F2N8O2/c1-6-29(41)37-23-11-24(27(42-30(31)32)13-26(23)39-15-18(3)38(5)19(4)16-39)36-28-12-22(33-17-34-28)20-8-9-25-21(10-20)14-35-40(25)7-2/h6,8-14,17-19,30H,1,7,15-16H2,2-5H3,(H,37,41)(H,33,34,36)/t18-,19+. The van der Waals surface area contributed by atoms with Crippen LogP contribution in [0.25, 0.3) is 22.2 Å².